The molecule has 36 valence electrons. The fourth-order valence-electron chi connectivity index (χ4n) is 0. The monoisotopic (exact) mass is 168 g/mol. The van der Waals surface area contributed by atoms with E-state index >= 15 is 0 Å². The molecular formula is CH4NO2Pd-. The van der Waals surface area contributed by atoms with Crippen LogP contribution in [-0.2, 0) is 20.4 Å². The van der Waals surface area contributed by atoms with E-state index in [0.29, 0.717) is 0 Å². The van der Waals surface area contributed by atoms with Crippen molar-refractivity contribution in [3.8, 4) is 0 Å². The van der Waals surface area contributed by atoms with E-state index in [1.165, 1.54) is 0 Å². The van der Waals surface area contributed by atoms with Crippen LogP contribution in [0.4, 0.5) is 0 Å². The summed E-state index contributed by atoms with van der Waals surface area (Å²) < 4.78 is 0. The average Bonchev–Trinajstić information content (AvgIpc) is 0.918. The van der Waals surface area contributed by atoms with Crippen LogP contribution in [0.3, 0.4) is 0 Å². The molecule has 0 amide bonds. The van der Waals surface area contributed by atoms with Gasteiger partial charge in [0.25, 0.3) is 0 Å². The van der Waals surface area contributed by atoms with Gasteiger partial charge in [-0.1, -0.05) is 7.43 Å². The van der Waals surface area contributed by atoms with Gasteiger partial charge in [-0.3, -0.25) is 0 Å². The zero-order valence-corrected chi connectivity index (χ0v) is 3.13. The second-order valence-electron chi connectivity index (χ2n) is 0.0745. The first-order chi connectivity index (χ1) is 1.41. The Balaban J connectivity index is -0.0000000200. The molecular weight excluding hydrogens is 164 g/mol. The number of hydrogen-bond donors (Lipinski definition) is 0. The standard InChI is InChI=1S/CH4.HNO2.Pd/c;2-1-3;/h1H4;(H,2,3);/p-1. The van der Waals surface area contributed by atoms with Gasteiger partial charge >= 0.3 is 0 Å². The van der Waals surface area contributed by atoms with Crippen LogP contribution in [0.1, 0.15) is 7.43 Å². The first-order valence-corrected chi connectivity index (χ1v) is 0.365. The largest absolute Gasteiger partial charge is 0.444 e. The van der Waals surface area contributed by atoms with Gasteiger partial charge < -0.3 is 10.1 Å². The maximum absolute atomic E-state index is 8.00. The normalized spacial score (nSPS) is 2.40. The van der Waals surface area contributed by atoms with Crippen molar-refractivity contribution >= 4 is 0 Å². The van der Waals surface area contributed by atoms with Crippen LogP contribution in [0.25, 0.3) is 0 Å². The van der Waals surface area contributed by atoms with E-state index in [0.717, 1.165) is 5.34 Å². The molecule has 0 spiro atoms. The Morgan fingerprint density at radius 2 is 1.60 bits per heavy atom. The number of hydrogen-bond acceptors (Lipinski definition) is 3. The first kappa shape index (κ1) is 19.6. The van der Waals surface area contributed by atoms with Crippen molar-refractivity contribution in [1.82, 2.24) is 0 Å². The number of rotatable bonds is 0. The van der Waals surface area contributed by atoms with Gasteiger partial charge in [-0.05, 0) is 0 Å². The van der Waals surface area contributed by atoms with Gasteiger partial charge in [0.2, 0.25) is 0 Å². The quantitative estimate of drug-likeness (QED) is 0.306. The summed E-state index contributed by atoms with van der Waals surface area (Å²) in [7, 11) is 0. The zero-order valence-electron chi connectivity index (χ0n) is 1.58. The van der Waals surface area contributed by atoms with E-state index in [4.69, 9.17) is 10.1 Å². The van der Waals surface area contributed by atoms with Gasteiger partial charge in [-0.15, -0.1) is 5.34 Å². The molecule has 0 aromatic carbocycles. The Hall–Kier alpha value is 0.0623. The molecule has 0 aromatic rings. The van der Waals surface area contributed by atoms with Crippen LogP contribution in [-0.4, -0.2) is 0 Å². The molecule has 0 aliphatic rings. The average molecular weight is 168 g/mol. The zero-order chi connectivity index (χ0) is 2.71. The van der Waals surface area contributed by atoms with E-state index in [2.05, 4.69) is 0 Å². The third-order valence-corrected chi connectivity index (χ3v) is 0. The second kappa shape index (κ2) is 33.8. The molecule has 0 unspecified atom stereocenters. The molecule has 0 fully saturated rings. The smallest absolute Gasteiger partial charge is 0 e. The molecule has 0 atom stereocenters. The van der Waals surface area contributed by atoms with Crippen LogP contribution in [0.5, 0.6) is 0 Å². The molecule has 0 N–H and O–H groups in total. The van der Waals surface area contributed by atoms with E-state index in [-0.39, 0.29) is 27.8 Å². The summed E-state index contributed by atoms with van der Waals surface area (Å²) in [5, 5.41) is 9.00. The van der Waals surface area contributed by atoms with E-state index in [1.807, 2.05) is 0 Å². The molecule has 0 heterocycles. The van der Waals surface area contributed by atoms with Crippen LogP contribution in [0.15, 0.2) is 5.34 Å². The molecule has 0 rings (SSSR count). The Morgan fingerprint density at radius 1 is 1.60 bits per heavy atom. The maximum Gasteiger partial charge on any atom is 0 e. The summed E-state index contributed by atoms with van der Waals surface area (Å²) in [6, 6.07) is 0. The third-order valence-electron chi connectivity index (χ3n) is 0. The molecule has 0 aliphatic carbocycles. The predicted octanol–water partition coefficient (Wildman–Crippen LogP) is 0.884. The van der Waals surface area contributed by atoms with E-state index in [1.54, 1.807) is 0 Å². The summed E-state index contributed by atoms with van der Waals surface area (Å²) in [5.41, 5.74) is 0. The van der Waals surface area contributed by atoms with Crippen LogP contribution in [0.2, 0.25) is 0 Å². The summed E-state index contributed by atoms with van der Waals surface area (Å²) >= 11 is 0. The molecule has 0 radical (unpaired) electrons. The van der Waals surface area contributed by atoms with Gasteiger partial charge in [0.15, 0.2) is 0 Å². The molecule has 3 nitrogen and oxygen atoms in total. The third kappa shape index (κ3) is 4450. The molecule has 0 aromatic heterocycles. The first-order valence-electron chi connectivity index (χ1n) is 0.365. The van der Waals surface area contributed by atoms with Crippen molar-refractivity contribution < 1.29 is 20.4 Å². The molecule has 0 bridgehead atoms. The minimum atomic E-state index is 0. The summed E-state index contributed by atoms with van der Waals surface area (Å²) in [6.45, 7) is 0. The molecule has 0 aliphatic heterocycles. The van der Waals surface area contributed by atoms with Crippen molar-refractivity contribution in [2.24, 2.45) is 5.34 Å². The maximum atomic E-state index is 8.00. The van der Waals surface area contributed by atoms with Crippen molar-refractivity contribution in [3.05, 3.63) is 10.1 Å². The van der Waals surface area contributed by atoms with Gasteiger partial charge in [0.05, 0.1) is 0 Å². The minimum absolute atomic E-state index is 0. The van der Waals surface area contributed by atoms with E-state index < -0.39 is 0 Å². The predicted molar refractivity (Wildman–Crippen MR) is 15.9 cm³/mol. The van der Waals surface area contributed by atoms with Crippen molar-refractivity contribution in [2.75, 3.05) is 0 Å². The second-order valence-corrected chi connectivity index (χ2v) is 0.0745. The Kier molecular flexibility index (Phi) is 133. The SMILES string of the molecule is C.O=N[O-].[Pd]. The Bertz CT molecular complexity index is 17.1. The van der Waals surface area contributed by atoms with Crippen LogP contribution < -0.4 is 0 Å². The van der Waals surface area contributed by atoms with Gasteiger partial charge in [0.1, 0.15) is 0 Å². The fraction of sp³-hybridized carbons (Fsp3) is 1.00. The Labute approximate surface area is 44.0 Å². The summed E-state index contributed by atoms with van der Waals surface area (Å²) in [6.07, 6.45) is 0. The van der Waals surface area contributed by atoms with Gasteiger partial charge in [-0.25, -0.2) is 0 Å². The Morgan fingerprint density at radius 3 is 1.60 bits per heavy atom. The summed E-state index contributed by atoms with van der Waals surface area (Å²) in [4.78, 5) is 8.00. The van der Waals surface area contributed by atoms with Crippen molar-refractivity contribution in [3.63, 3.8) is 0 Å². The van der Waals surface area contributed by atoms with Crippen LogP contribution >= 0.6 is 0 Å². The summed E-state index contributed by atoms with van der Waals surface area (Å²) in [5.74, 6) is 0. The van der Waals surface area contributed by atoms with Crippen molar-refractivity contribution in [1.29, 1.82) is 0 Å². The van der Waals surface area contributed by atoms with Gasteiger partial charge in [0, 0.05) is 20.4 Å². The number of nitrogens with zero attached hydrogens (tertiary/aromatic N) is 1. The topological polar surface area (TPSA) is 52.5 Å². The van der Waals surface area contributed by atoms with E-state index in [9.17, 15) is 0 Å². The fourth-order valence-corrected chi connectivity index (χ4v) is 0. The molecule has 0 saturated heterocycles. The van der Waals surface area contributed by atoms with Gasteiger partial charge in [-0.2, -0.15) is 0 Å². The molecule has 5 heavy (non-hydrogen) atoms. The minimum Gasteiger partial charge on any atom is -0.444 e. The van der Waals surface area contributed by atoms with Crippen LogP contribution in [0, 0.1) is 10.1 Å². The molecule has 0 saturated carbocycles. The molecule has 4 heteroatoms. The van der Waals surface area contributed by atoms with Crippen molar-refractivity contribution in [2.45, 2.75) is 7.43 Å².